The summed E-state index contributed by atoms with van der Waals surface area (Å²) in [6, 6.07) is 16.6. The predicted molar refractivity (Wildman–Crippen MR) is 105 cm³/mol. The van der Waals surface area contributed by atoms with Gasteiger partial charge < -0.3 is 5.32 Å². The minimum atomic E-state index is -3.82. The van der Waals surface area contributed by atoms with E-state index in [1.807, 2.05) is 19.1 Å². The quantitative estimate of drug-likeness (QED) is 0.704. The van der Waals surface area contributed by atoms with Gasteiger partial charge in [0.25, 0.3) is 15.9 Å². The summed E-state index contributed by atoms with van der Waals surface area (Å²) in [7, 11) is -3.82. The number of anilines is 2. The Bertz CT molecular complexity index is 1060. The highest BCUT2D eigenvalue weighted by atomic mass is 32.2. The zero-order valence-electron chi connectivity index (χ0n) is 14.9. The molecule has 6 nitrogen and oxygen atoms in total. The van der Waals surface area contributed by atoms with E-state index >= 15 is 0 Å². The number of nitrogens with one attached hydrogen (secondary N) is 2. The third kappa shape index (κ3) is 4.51. The summed E-state index contributed by atoms with van der Waals surface area (Å²) in [5.41, 5.74) is 2.42. The fourth-order valence-electron chi connectivity index (χ4n) is 2.47. The third-order valence-electron chi connectivity index (χ3n) is 3.97. The molecule has 0 fully saturated rings. The Kier molecular flexibility index (Phi) is 5.23. The number of carbonyl (C=O) groups excluding carboxylic acids is 1. The molecule has 0 aliphatic carbocycles. The van der Waals surface area contributed by atoms with Crippen molar-refractivity contribution in [1.82, 2.24) is 4.98 Å². The van der Waals surface area contributed by atoms with Gasteiger partial charge in [-0.2, -0.15) is 0 Å². The molecule has 0 aliphatic rings. The number of amides is 1. The molecule has 1 aromatic heterocycles. The van der Waals surface area contributed by atoms with Crippen LogP contribution in [0.3, 0.4) is 0 Å². The topological polar surface area (TPSA) is 88.2 Å². The molecule has 0 atom stereocenters. The molecule has 7 heteroatoms. The number of pyridine rings is 1. The lowest BCUT2D eigenvalue weighted by Gasteiger charge is -2.12. The van der Waals surface area contributed by atoms with Crippen LogP contribution in [0.4, 0.5) is 11.5 Å². The lowest BCUT2D eigenvalue weighted by molar-refractivity contribution is 0.102. The number of rotatable bonds is 5. The molecule has 0 spiro atoms. The van der Waals surface area contributed by atoms with Crippen molar-refractivity contribution in [1.29, 1.82) is 0 Å². The predicted octanol–water partition coefficient (Wildman–Crippen LogP) is 3.75. The highest BCUT2D eigenvalue weighted by Crippen LogP contribution is 2.20. The first-order valence-electron chi connectivity index (χ1n) is 8.28. The van der Waals surface area contributed by atoms with Crippen LogP contribution in [-0.2, 0) is 10.0 Å². The van der Waals surface area contributed by atoms with E-state index in [1.54, 1.807) is 49.5 Å². The third-order valence-corrected chi connectivity index (χ3v) is 5.35. The number of hydrogen-bond donors (Lipinski definition) is 2. The van der Waals surface area contributed by atoms with E-state index in [4.69, 9.17) is 0 Å². The normalized spacial score (nSPS) is 11.0. The molecule has 0 radical (unpaired) electrons. The van der Waals surface area contributed by atoms with Crippen molar-refractivity contribution in [2.45, 2.75) is 18.7 Å². The summed E-state index contributed by atoms with van der Waals surface area (Å²) in [5, 5.41) is 2.67. The molecule has 27 heavy (non-hydrogen) atoms. The van der Waals surface area contributed by atoms with Gasteiger partial charge in [-0.25, -0.2) is 13.4 Å². The number of nitrogens with zero attached hydrogens (tertiary/aromatic N) is 1. The molecule has 2 N–H and O–H groups in total. The minimum Gasteiger partial charge on any atom is -0.307 e. The Hall–Kier alpha value is -3.19. The van der Waals surface area contributed by atoms with Crippen LogP contribution >= 0.6 is 0 Å². The standard InChI is InChI=1S/C20H19N3O3S/c1-14-6-9-16(10-7-14)23-27(25,26)17-11-8-15(2)18(13-17)20(24)22-19-5-3-4-12-21-19/h3-13,23H,1-2H3,(H,21,22,24). The summed E-state index contributed by atoms with van der Waals surface area (Å²) in [4.78, 5) is 16.6. The van der Waals surface area contributed by atoms with E-state index < -0.39 is 15.9 Å². The lowest BCUT2D eigenvalue weighted by atomic mass is 10.1. The van der Waals surface area contributed by atoms with Crippen molar-refractivity contribution < 1.29 is 13.2 Å². The van der Waals surface area contributed by atoms with Gasteiger partial charge >= 0.3 is 0 Å². The highest BCUT2D eigenvalue weighted by molar-refractivity contribution is 7.92. The zero-order valence-corrected chi connectivity index (χ0v) is 15.7. The van der Waals surface area contributed by atoms with Gasteiger partial charge in [-0.3, -0.25) is 9.52 Å². The Balaban J connectivity index is 1.87. The van der Waals surface area contributed by atoms with Crippen LogP contribution in [0.15, 0.2) is 71.8 Å². The van der Waals surface area contributed by atoms with E-state index in [0.29, 0.717) is 17.1 Å². The van der Waals surface area contributed by atoms with Crippen LogP contribution in [0.1, 0.15) is 21.5 Å². The van der Waals surface area contributed by atoms with Crippen LogP contribution in [-0.4, -0.2) is 19.3 Å². The van der Waals surface area contributed by atoms with Crippen molar-refractivity contribution in [3.8, 4) is 0 Å². The van der Waals surface area contributed by atoms with Gasteiger partial charge in [-0.1, -0.05) is 29.8 Å². The SMILES string of the molecule is Cc1ccc(NS(=O)(=O)c2ccc(C)c(C(=O)Nc3ccccn3)c2)cc1. The van der Waals surface area contributed by atoms with Crippen molar-refractivity contribution >= 4 is 27.4 Å². The minimum absolute atomic E-state index is 0.0137. The van der Waals surface area contributed by atoms with Gasteiger partial charge in [0, 0.05) is 17.4 Å². The molecule has 0 saturated heterocycles. The van der Waals surface area contributed by atoms with Crippen LogP contribution in [0.2, 0.25) is 0 Å². The Morgan fingerprint density at radius 1 is 0.963 bits per heavy atom. The number of benzene rings is 2. The number of sulfonamides is 1. The zero-order chi connectivity index (χ0) is 19.4. The van der Waals surface area contributed by atoms with E-state index in [2.05, 4.69) is 15.0 Å². The van der Waals surface area contributed by atoms with Gasteiger partial charge in [-0.05, 0) is 55.8 Å². The fraction of sp³-hybridized carbons (Fsp3) is 0.100. The first kappa shape index (κ1) is 18.6. The molecule has 1 amide bonds. The molecule has 0 aliphatic heterocycles. The van der Waals surface area contributed by atoms with E-state index in [9.17, 15) is 13.2 Å². The molecule has 138 valence electrons. The van der Waals surface area contributed by atoms with Crippen molar-refractivity contribution in [2.24, 2.45) is 0 Å². The van der Waals surface area contributed by atoms with Crippen LogP contribution < -0.4 is 10.0 Å². The van der Waals surface area contributed by atoms with E-state index in [1.165, 1.54) is 12.1 Å². The molecule has 0 unspecified atom stereocenters. The van der Waals surface area contributed by atoms with Crippen LogP contribution in [0, 0.1) is 13.8 Å². The first-order valence-corrected chi connectivity index (χ1v) is 9.76. The lowest BCUT2D eigenvalue weighted by Crippen LogP contribution is -2.17. The average molecular weight is 381 g/mol. The van der Waals surface area contributed by atoms with Crippen molar-refractivity contribution in [2.75, 3.05) is 10.0 Å². The molecule has 0 bridgehead atoms. The second kappa shape index (κ2) is 7.59. The van der Waals surface area contributed by atoms with Gasteiger partial charge in [0.2, 0.25) is 0 Å². The van der Waals surface area contributed by atoms with Crippen molar-refractivity contribution in [3.63, 3.8) is 0 Å². The maximum Gasteiger partial charge on any atom is 0.261 e. The van der Waals surface area contributed by atoms with Gasteiger partial charge in [0.1, 0.15) is 5.82 Å². The smallest absolute Gasteiger partial charge is 0.261 e. The molecule has 1 heterocycles. The summed E-state index contributed by atoms with van der Waals surface area (Å²) >= 11 is 0. The Morgan fingerprint density at radius 2 is 1.70 bits per heavy atom. The largest absolute Gasteiger partial charge is 0.307 e. The number of aryl methyl sites for hydroxylation is 2. The van der Waals surface area contributed by atoms with Crippen LogP contribution in [0.5, 0.6) is 0 Å². The van der Waals surface area contributed by atoms with Gasteiger partial charge in [-0.15, -0.1) is 0 Å². The van der Waals surface area contributed by atoms with E-state index in [0.717, 1.165) is 5.56 Å². The monoisotopic (exact) mass is 381 g/mol. The second-order valence-electron chi connectivity index (χ2n) is 6.12. The maximum atomic E-state index is 12.7. The molecule has 3 rings (SSSR count). The number of carbonyl (C=O) groups is 1. The number of aromatic nitrogens is 1. The fourth-order valence-corrected chi connectivity index (χ4v) is 3.55. The van der Waals surface area contributed by atoms with Gasteiger partial charge in [0.05, 0.1) is 4.90 Å². The van der Waals surface area contributed by atoms with E-state index in [-0.39, 0.29) is 10.5 Å². The molecular weight excluding hydrogens is 362 g/mol. The molecule has 2 aromatic carbocycles. The summed E-state index contributed by atoms with van der Waals surface area (Å²) < 4.78 is 27.9. The second-order valence-corrected chi connectivity index (χ2v) is 7.80. The number of hydrogen-bond acceptors (Lipinski definition) is 4. The Labute approximate surface area is 158 Å². The molecular formula is C20H19N3O3S. The first-order chi connectivity index (χ1) is 12.8. The Morgan fingerprint density at radius 3 is 2.37 bits per heavy atom. The van der Waals surface area contributed by atoms with Crippen molar-refractivity contribution in [3.05, 3.63) is 83.6 Å². The average Bonchev–Trinajstić information content (AvgIpc) is 2.64. The summed E-state index contributed by atoms with van der Waals surface area (Å²) in [5.74, 6) is -0.0217. The highest BCUT2D eigenvalue weighted by Gasteiger charge is 2.18. The maximum absolute atomic E-state index is 12.7. The van der Waals surface area contributed by atoms with Crippen LogP contribution in [0.25, 0.3) is 0 Å². The molecule has 0 saturated carbocycles. The molecule has 3 aromatic rings. The van der Waals surface area contributed by atoms with Gasteiger partial charge in [0.15, 0.2) is 0 Å². The summed E-state index contributed by atoms with van der Waals surface area (Å²) in [6.45, 7) is 3.67. The summed E-state index contributed by atoms with van der Waals surface area (Å²) in [6.07, 6.45) is 1.56.